The van der Waals surface area contributed by atoms with Gasteiger partial charge in [-0.25, -0.2) is 0 Å². The maximum Gasteiger partial charge on any atom is 0.236 e. The molecule has 0 spiro atoms. The molecule has 1 aliphatic heterocycles. The van der Waals surface area contributed by atoms with Crippen LogP contribution in [0, 0.1) is 24.2 Å². The molecule has 1 fully saturated rings. The van der Waals surface area contributed by atoms with Gasteiger partial charge in [0.15, 0.2) is 0 Å². The zero-order valence-electron chi connectivity index (χ0n) is 11.6. The number of carbonyl (C=O) groups excluding carboxylic acids is 2. The van der Waals surface area contributed by atoms with Gasteiger partial charge in [0, 0.05) is 24.9 Å². The van der Waals surface area contributed by atoms with Crippen LogP contribution in [0.15, 0.2) is 24.3 Å². The van der Waals surface area contributed by atoms with E-state index in [0.717, 1.165) is 18.3 Å². The van der Waals surface area contributed by atoms with E-state index in [1.54, 1.807) is 4.90 Å². The number of nitriles is 1. The number of rotatable bonds is 3. The molecular formula is C16H18N2O2. The molecule has 1 aromatic rings. The van der Waals surface area contributed by atoms with E-state index in [2.05, 4.69) is 6.07 Å². The largest absolute Gasteiger partial charge is 0.340 e. The van der Waals surface area contributed by atoms with E-state index in [4.69, 9.17) is 5.26 Å². The number of hydrogen-bond acceptors (Lipinski definition) is 3. The zero-order chi connectivity index (χ0) is 14.5. The first kappa shape index (κ1) is 14.3. The summed E-state index contributed by atoms with van der Waals surface area (Å²) in [5.74, 6) is -0.157. The van der Waals surface area contributed by atoms with E-state index in [9.17, 15) is 9.59 Å². The number of carbonyl (C=O) groups is 2. The van der Waals surface area contributed by atoms with Crippen LogP contribution in [-0.4, -0.2) is 30.2 Å². The molecule has 2 unspecified atom stereocenters. The highest BCUT2D eigenvalue weighted by Gasteiger charge is 2.30. The third-order valence-corrected chi connectivity index (χ3v) is 3.77. The average molecular weight is 270 g/mol. The monoisotopic (exact) mass is 270 g/mol. The van der Waals surface area contributed by atoms with E-state index in [1.165, 1.54) is 5.56 Å². The molecule has 1 heterocycles. The fraction of sp³-hybridized carbons (Fsp3) is 0.438. The molecular weight excluding hydrogens is 252 g/mol. The van der Waals surface area contributed by atoms with Crippen molar-refractivity contribution in [3.8, 4) is 6.07 Å². The number of piperidine rings is 1. The summed E-state index contributed by atoms with van der Waals surface area (Å²) in [4.78, 5) is 24.7. The van der Waals surface area contributed by atoms with E-state index in [1.807, 2.05) is 31.2 Å². The molecule has 1 aromatic carbocycles. The zero-order valence-corrected chi connectivity index (χ0v) is 11.6. The summed E-state index contributed by atoms with van der Waals surface area (Å²) in [5, 5.41) is 8.64. The molecule has 0 N–H and O–H groups in total. The van der Waals surface area contributed by atoms with Crippen molar-refractivity contribution in [2.75, 3.05) is 13.1 Å². The van der Waals surface area contributed by atoms with Gasteiger partial charge in [0.25, 0.3) is 0 Å². The van der Waals surface area contributed by atoms with Crippen LogP contribution in [0.4, 0.5) is 0 Å². The Hall–Kier alpha value is -2.15. The van der Waals surface area contributed by atoms with Crippen LogP contribution < -0.4 is 0 Å². The van der Waals surface area contributed by atoms with Crippen LogP contribution in [-0.2, 0) is 9.59 Å². The number of aldehydes is 1. The quantitative estimate of drug-likeness (QED) is 0.790. The highest BCUT2D eigenvalue weighted by molar-refractivity contribution is 5.79. The molecule has 0 radical (unpaired) electrons. The van der Waals surface area contributed by atoms with Crippen LogP contribution in [0.2, 0.25) is 0 Å². The first-order valence-electron chi connectivity index (χ1n) is 6.80. The van der Waals surface area contributed by atoms with Gasteiger partial charge in [-0.15, -0.1) is 0 Å². The molecule has 4 heteroatoms. The number of benzene rings is 1. The molecule has 4 nitrogen and oxygen atoms in total. The Bertz CT molecular complexity index is 548. The third kappa shape index (κ3) is 3.24. The minimum Gasteiger partial charge on any atom is -0.340 e. The summed E-state index contributed by atoms with van der Waals surface area (Å²) in [5.41, 5.74) is 2.33. The summed E-state index contributed by atoms with van der Waals surface area (Å²) < 4.78 is 0. The summed E-state index contributed by atoms with van der Waals surface area (Å²) >= 11 is 0. The minimum atomic E-state index is -0.184. The molecule has 104 valence electrons. The molecule has 0 saturated carbocycles. The maximum atomic E-state index is 11.9. The second kappa shape index (κ2) is 6.33. The highest BCUT2D eigenvalue weighted by atomic mass is 16.2. The Morgan fingerprint density at radius 1 is 1.50 bits per heavy atom. The smallest absolute Gasteiger partial charge is 0.236 e. The lowest BCUT2D eigenvalue weighted by Gasteiger charge is -2.36. The Balaban J connectivity index is 2.19. The van der Waals surface area contributed by atoms with E-state index in [-0.39, 0.29) is 24.2 Å². The topological polar surface area (TPSA) is 61.2 Å². The van der Waals surface area contributed by atoms with Gasteiger partial charge in [-0.2, -0.15) is 5.26 Å². The predicted molar refractivity (Wildman–Crippen MR) is 74.9 cm³/mol. The van der Waals surface area contributed by atoms with Crippen molar-refractivity contribution >= 4 is 12.2 Å². The van der Waals surface area contributed by atoms with Crippen molar-refractivity contribution in [2.24, 2.45) is 5.92 Å². The van der Waals surface area contributed by atoms with Crippen LogP contribution in [0.1, 0.15) is 29.9 Å². The van der Waals surface area contributed by atoms with E-state index >= 15 is 0 Å². The lowest BCUT2D eigenvalue weighted by molar-refractivity contribution is -0.133. The average Bonchev–Trinajstić information content (AvgIpc) is 2.47. The maximum absolute atomic E-state index is 11.9. The molecule has 0 bridgehead atoms. The van der Waals surface area contributed by atoms with Gasteiger partial charge >= 0.3 is 0 Å². The first-order chi connectivity index (χ1) is 9.63. The lowest BCUT2D eigenvalue weighted by atomic mass is 9.84. The molecule has 1 aliphatic rings. The minimum absolute atomic E-state index is 0.119. The van der Waals surface area contributed by atoms with Gasteiger partial charge in [-0.05, 0) is 18.9 Å². The number of nitrogens with zero attached hydrogens (tertiary/aromatic N) is 2. The molecule has 2 atom stereocenters. The van der Waals surface area contributed by atoms with Crippen molar-refractivity contribution in [3.05, 3.63) is 35.4 Å². The number of aryl methyl sites for hydroxylation is 1. The van der Waals surface area contributed by atoms with E-state index < -0.39 is 0 Å². The number of likely N-dealkylation sites (tertiary alicyclic amines) is 1. The number of amides is 1. The van der Waals surface area contributed by atoms with Gasteiger partial charge in [0.1, 0.15) is 12.7 Å². The Morgan fingerprint density at radius 3 is 2.95 bits per heavy atom. The lowest BCUT2D eigenvalue weighted by Crippen LogP contribution is -2.43. The second-order valence-corrected chi connectivity index (χ2v) is 5.38. The summed E-state index contributed by atoms with van der Waals surface area (Å²) in [6.07, 6.45) is 1.57. The molecule has 1 saturated heterocycles. The third-order valence-electron chi connectivity index (χ3n) is 3.77. The van der Waals surface area contributed by atoms with Crippen molar-refractivity contribution in [1.82, 2.24) is 4.90 Å². The van der Waals surface area contributed by atoms with Crippen LogP contribution in [0.5, 0.6) is 0 Å². The summed E-state index contributed by atoms with van der Waals surface area (Å²) in [6.45, 7) is 3.06. The van der Waals surface area contributed by atoms with E-state index in [0.29, 0.717) is 13.1 Å². The normalized spacial score (nSPS) is 22.1. The molecule has 20 heavy (non-hydrogen) atoms. The summed E-state index contributed by atoms with van der Waals surface area (Å²) in [6, 6.07) is 10.0. The fourth-order valence-corrected chi connectivity index (χ4v) is 2.79. The SMILES string of the molecule is Cc1cccc(C2CC(C=O)CN(C(=O)CC#N)C2)c1. The highest BCUT2D eigenvalue weighted by Crippen LogP contribution is 2.30. The molecule has 1 amide bonds. The summed E-state index contributed by atoms with van der Waals surface area (Å²) in [7, 11) is 0. The molecule has 0 aromatic heterocycles. The number of hydrogen-bond donors (Lipinski definition) is 0. The first-order valence-corrected chi connectivity index (χ1v) is 6.80. The van der Waals surface area contributed by atoms with Gasteiger partial charge in [0.2, 0.25) is 5.91 Å². The Labute approximate surface area is 119 Å². The Kier molecular flexibility index (Phi) is 4.52. The predicted octanol–water partition coefficient (Wildman–Crippen LogP) is 2.04. The van der Waals surface area contributed by atoms with Gasteiger partial charge < -0.3 is 9.69 Å². The van der Waals surface area contributed by atoms with Crippen LogP contribution in [0.3, 0.4) is 0 Å². The van der Waals surface area contributed by atoms with Gasteiger partial charge in [-0.3, -0.25) is 4.79 Å². The van der Waals surface area contributed by atoms with Gasteiger partial charge in [0.05, 0.1) is 6.07 Å². The Morgan fingerprint density at radius 2 is 2.30 bits per heavy atom. The van der Waals surface area contributed by atoms with Crippen LogP contribution in [0.25, 0.3) is 0 Å². The van der Waals surface area contributed by atoms with Crippen molar-refractivity contribution in [2.45, 2.75) is 25.7 Å². The fourth-order valence-electron chi connectivity index (χ4n) is 2.79. The standard InChI is InChI=1S/C16H18N2O2/c1-12-3-2-4-14(7-12)15-8-13(11-19)9-18(10-15)16(20)5-6-17/h2-4,7,11,13,15H,5,8-10H2,1H3. The van der Waals surface area contributed by atoms with Crippen molar-refractivity contribution in [3.63, 3.8) is 0 Å². The van der Waals surface area contributed by atoms with Crippen molar-refractivity contribution < 1.29 is 9.59 Å². The van der Waals surface area contributed by atoms with Crippen LogP contribution >= 0.6 is 0 Å². The second-order valence-electron chi connectivity index (χ2n) is 5.38. The molecule has 0 aliphatic carbocycles. The van der Waals surface area contributed by atoms with Gasteiger partial charge in [-0.1, -0.05) is 29.8 Å². The van der Waals surface area contributed by atoms with Crippen molar-refractivity contribution in [1.29, 1.82) is 5.26 Å². The molecule has 2 rings (SSSR count).